The number of carbonyl (C=O) groups is 1. The van der Waals surface area contributed by atoms with Gasteiger partial charge in [0.2, 0.25) is 5.91 Å². The summed E-state index contributed by atoms with van der Waals surface area (Å²) < 4.78 is 5.91. The van der Waals surface area contributed by atoms with Crippen molar-refractivity contribution in [1.29, 1.82) is 0 Å². The minimum absolute atomic E-state index is 0.103. The van der Waals surface area contributed by atoms with Crippen molar-refractivity contribution >= 4 is 5.91 Å². The van der Waals surface area contributed by atoms with Crippen LogP contribution in [0.15, 0.2) is 54.6 Å². The first-order valence-electron chi connectivity index (χ1n) is 9.78. The molecule has 1 unspecified atom stereocenters. The summed E-state index contributed by atoms with van der Waals surface area (Å²) in [6.45, 7) is 5.96. The first kappa shape index (κ1) is 21.0. The van der Waals surface area contributed by atoms with Crippen LogP contribution in [0.25, 0.3) is 0 Å². The van der Waals surface area contributed by atoms with E-state index in [0.29, 0.717) is 0 Å². The molecule has 4 heteroatoms. The number of rotatable bonds is 10. The van der Waals surface area contributed by atoms with Crippen LogP contribution in [-0.2, 0) is 4.79 Å². The zero-order valence-electron chi connectivity index (χ0n) is 16.5. The Bertz CT molecular complexity index is 685. The smallest absolute Gasteiger partial charge is 0.227 e. The van der Waals surface area contributed by atoms with Crippen molar-refractivity contribution in [1.82, 2.24) is 5.32 Å². The number of carbonyl (C=O) groups excluding carboxylic acids is 1. The number of ether oxygens (including phenoxy) is 1. The molecule has 2 rings (SSSR count). The highest BCUT2D eigenvalue weighted by molar-refractivity contribution is 5.83. The predicted octanol–water partition coefficient (Wildman–Crippen LogP) is 4.60. The van der Waals surface area contributed by atoms with Gasteiger partial charge in [-0.1, -0.05) is 62.2 Å². The molecule has 0 heterocycles. The molecule has 1 amide bonds. The average molecular weight is 370 g/mol. The Balaban J connectivity index is 1.97. The molecule has 2 N–H and O–H groups in total. The summed E-state index contributed by atoms with van der Waals surface area (Å²) in [5.41, 5.74) is 1.82. The lowest BCUT2D eigenvalue weighted by Crippen LogP contribution is -2.33. The van der Waals surface area contributed by atoms with Crippen molar-refractivity contribution < 1.29 is 14.6 Å². The molecule has 2 aromatic rings. The second kappa shape index (κ2) is 10.7. The number of hydrogen-bond acceptors (Lipinski definition) is 3. The molecule has 0 saturated carbocycles. The van der Waals surface area contributed by atoms with E-state index in [9.17, 15) is 9.90 Å². The largest absolute Gasteiger partial charge is 0.491 e. The minimum atomic E-state index is -0.435. The molecular weight excluding hydrogens is 338 g/mol. The number of nitrogens with one attached hydrogen (secondary N) is 1. The van der Waals surface area contributed by atoms with Gasteiger partial charge in [-0.05, 0) is 43.5 Å². The quantitative estimate of drug-likeness (QED) is 0.643. The highest BCUT2D eigenvalue weighted by Crippen LogP contribution is 2.21. The maximum atomic E-state index is 12.6. The third-order valence-corrected chi connectivity index (χ3v) is 4.78. The number of unbranched alkanes of at least 4 members (excludes halogenated alkanes) is 1. The topological polar surface area (TPSA) is 58.6 Å². The van der Waals surface area contributed by atoms with Gasteiger partial charge in [-0.15, -0.1) is 0 Å². The molecule has 0 aliphatic heterocycles. The Morgan fingerprint density at radius 1 is 1.04 bits per heavy atom. The van der Waals surface area contributed by atoms with E-state index in [0.717, 1.165) is 36.1 Å². The Hall–Kier alpha value is -2.33. The summed E-state index contributed by atoms with van der Waals surface area (Å²) in [6, 6.07) is 16.8. The van der Waals surface area contributed by atoms with Crippen LogP contribution >= 0.6 is 0 Å². The molecular formula is C23H31NO3. The molecule has 0 spiro atoms. The van der Waals surface area contributed by atoms with Crippen molar-refractivity contribution in [2.75, 3.05) is 6.61 Å². The maximum Gasteiger partial charge on any atom is 0.227 e. The highest BCUT2D eigenvalue weighted by Gasteiger charge is 2.20. The lowest BCUT2D eigenvalue weighted by atomic mass is 9.99. The van der Waals surface area contributed by atoms with Crippen LogP contribution in [0.1, 0.15) is 63.1 Å². The Kier molecular flexibility index (Phi) is 8.34. The summed E-state index contributed by atoms with van der Waals surface area (Å²) in [4.78, 5) is 12.6. The summed E-state index contributed by atoms with van der Waals surface area (Å²) >= 11 is 0. The fourth-order valence-electron chi connectivity index (χ4n) is 2.99. The van der Waals surface area contributed by atoms with Crippen LogP contribution < -0.4 is 10.1 Å². The number of benzene rings is 2. The maximum absolute atomic E-state index is 12.6. The normalized spacial score (nSPS) is 14.2. The molecule has 27 heavy (non-hydrogen) atoms. The summed E-state index contributed by atoms with van der Waals surface area (Å²) in [7, 11) is 0. The van der Waals surface area contributed by atoms with Crippen LogP contribution in [0.5, 0.6) is 5.75 Å². The molecule has 0 bridgehead atoms. The SMILES string of the molecule is CCCCC(C)Oc1ccc([C@H](CO)NC(=O)[C@@H](C)c2ccccc2)cc1. The third kappa shape index (κ3) is 6.40. The van der Waals surface area contributed by atoms with Gasteiger partial charge < -0.3 is 15.2 Å². The number of aliphatic hydroxyl groups excluding tert-OH is 1. The van der Waals surface area contributed by atoms with Gasteiger partial charge in [-0.3, -0.25) is 4.79 Å². The number of aliphatic hydroxyl groups is 1. The van der Waals surface area contributed by atoms with Gasteiger partial charge in [-0.25, -0.2) is 0 Å². The van der Waals surface area contributed by atoms with E-state index in [1.807, 2.05) is 61.5 Å². The van der Waals surface area contributed by atoms with Crippen molar-refractivity contribution in [2.45, 2.75) is 58.1 Å². The van der Waals surface area contributed by atoms with Gasteiger partial charge in [0.05, 0.1) is 24.7 Å². The monoisotopic (exact) mass is 369 g/mol. The van der Waals surface area contributed by atoms with E-state index < -0.39 is 6.04 Å². The molecule has 0 aliphatic carbocycles. The lowest BCUT2D eigenvalue weighted by Gasteiger charge is -2.21. The van der Waals surface area contributed by atoms with Gasteiger partial charge in [0, 0.05) is 0 Å². The Labute approximate surface area is 162 Å². The van der Waals surface area contributed by atoms with E-state index in [-0.39, 0.29) is 24.5 Å². The van der Waals surface area contributed by atoms with Crippen molar-refractivity contribution in [2.24, 2.45) is 0 Å². The van der Waals surface area contributed by atoms with Crippen molar-refractivity contribution in [3.63, 3.8) is 0 Å². The molecule has 0 saturated heterocycles. The summed E-state index contributed by atoms with van der Waals surface area (Å²) in [5.74, 6) is 0.430. The Morgan fingerprint density at radius 3 is 2.30 bits per heavy atom. The van der Waals surface area contributed by atoms with E-state index in [1.165, 1.54) is 0 Å². The molecule has 146 valence electrons. The van der Waals surface area contributed by atoms with Gasteiger partial charge in [0.15, 0.2) is 0 Å². The predicted molar refractivity (Wildman–Crippen MR) is 109 cm³/mol. The molecule has 0 aliphatic rings. The minimum Gasteiger partial charge on any atom is -0.491 e. The van der Waals surface area contributed by atoms with E-state index in [1.54, 1.807) is 0 Å². The number of hydrogen-bond donors (Lipinski definition) is 2. The van der Waals surface area contributed by atoms with Gasteiger partial charge in [0.25, 0.3) is 0 Å². The van der Waals surface area contributed by atoms with Gasteiger partial charge in [-0.2, -0.15) is 0 Å². The first-order valence-corrected chi connectivity index (χ1v) is 9.78. The standard InChI is InChI=1S/C23H31NO3/c1-4-5-9-17(2)27-21-14-12-20(13-15-21)22(16-25)24-23(26)18(3)19-10-7-6-8-11-19/h6-8,10-15,17-18,22,25H,4-5,9,16H2,1-3H3,(H,24,26)/t17?,18-,22-/m0/s1. The van der Waals surface area contributed by atoms with Crippen molar-refractivity contribution in [3.8, 4) is 5.75 Å². The van der Waals surface area contributed by atoms with E-state index in [2.05, 4.69) is 19.2 Å². The van der Waals surface area contributed by atoms with Crippen molar-refractivity contribution in [3.05, 3.63) is 65.7 Å². The molecule has 3 atom stereocenters. The number of amides is 1. The molecule has 0 radical (unpaired) electrons. The molecule has 0 aromatic heterocycles. The fourth-order valence-corrected chi connectivity index (χ4v) is 2.99. The molecule has 4 nitrogen and oxygen atoms in total. The van der Waals surface area contributed by atoms with Crippen LogP contribution in [0.2, 0.25) is 0 Å². The second-order valence-electron chi connectivity index (χ2n) is 7.02. The molecule has 2 aromatic carbocycles. The zero-order chi connectivity index (χ0) is 19.6. The summed E-state index contributed by atoms with van der Waals surface area (Å²) in [5, 5.41) is 12.7. The van der Waals surface area contributed by atoms with E-state index >= 15 is 0 Å². The van der Waals surface area contributed by atoms with Crippen LogP contribution in [0.3, 0.4) is 0 Å². The third-order valence-electron chi connectivity index (χ3n) is 4.78. The average Bonchev–Trinajstić information content (AvgIpc) is 2.71. The van der Waals surface area contributed by atoms with Crippen LogP contribution in [-0.4, -0.2) is 23.7 Å². The van der Waals surface area contributed by atoms with Gasteiger partial charge >= 0.3 is 0 Å². The Morgan fingerprint density at radius 2 is 1.70 bits per heavy atom. The second-order valence-corrected chi connectivity index (χ2v) is 7.02. The first-order chi connectivity index (χ1) is 13.0. The van der Waals surface area contributed by atoms with Crippen LogP contribution in [0.4, 0.5) is 0 Å². The van der Waals surface area contributed by atoms with Crippen LogP contribution in [0, 0.1) is 0 Å². The zero-order valence-corrected chi connectivity index (χ0v) is 16.5. The lowest BCUT2D eigenvalue weighted by molar-refractivity contribution is -0.123. The van der Waals surface area contributed by atoms with E-state index in [4.69, 9.17) is 4.74 Å². The summed E-state index contributed by atoms with van der Waals surface area (Å²) in [6.07, 6.45) is 3.52. The van der Waals surface area contributed by atoms with Gasteiger partial charge in [0.1, 0.15) is 5.75 Å². The fraction of sp³-hybridized carbons (Fsp3) is 0.435. The highest BCUT2D eigenvalue weighted by atomic mass is 16.5. The molecule has 0 fully saturated rings.